The first-order chi connectivity index (χ1) is 8.33. The fourth-order valence-corrected chi connectivity index (χ4v) is 3.21. The van der Waals surface area contributed by atoms with Crippen LogP contribution in [0.15, 0.2) is 17.6 Å². The zero-order valence-corrected chi connectivity index (χ0v) is 12.4. The number of sulfonamides is 1. The van der Waals surface area contributed by atoms with Crippen molar-refractivity contribution in [2.75, 3.05) is 0 Å². The highest BCUT2D eigenvalue weighted by atomic mass is 32.2. The summed E-state index contributed by atoms with van der Waals surface area (Å²) in [4.78, 5) is 3.86. The molecule has 1 atom stereocenters. The van der Waals surface area contributed by atoms with Crippen LogP contribution < -0.4 is 4.72 Å². The van der Waals surface area contributed by atoms with E-state index in [1.807, 2.05) is 6.92 Å². The van der Waals surface area contributed by atoms with E-state index in [2.05, 4.69) is 23.6 Å². The molecule has 0 fully saturated rings. The van der Waals surface area contributed by atoms with E-state index in [0.717, 1.165) is 19.3 Å². The number of aromatic nitrogens is 2. The Morgan fingerprint density at radius 1 is 1.33 bits per heavy atom. The molecule has 1 aromatic heterocycles. The first-order valence-electron chi connectivity index (χ1n) is 6.32. The summed E-state index contributed by atoms with van der Waals surface area (Å²) in [6.45, 7) is 6.23. The Morgan fingerprint density at radius 2 is 2.00 bits per heavy atom. The zero-order valence-electron chi connectivity index (χ0n) is 11.5. The van der Waals surface area contributed by atoms with Crippen LogP contribution in [0.4, 0.5) is 0 Å². The van der Waals surface area contributed by atoms with Gasteiger partial charge in [0.25, 0.3) is 10.0 Å². The van der Waals surface area contributed by atoms with Gasteiger partial charge in [0, 0.05) is 25.5 Å². The predicted octanol–water partition coefficient (Wildman–Crippen LogP) is 1.91. The van der Waals surface area contributed by atoms with Crippen molar-refractivity contribution < 1.29 is 8.42 Å². The van der Waals surface area contributed by atoms with Crippen LogP contribution in [0.5, 0.6) is 0 Å². The molecular weight excluding hydrogens is 250 g/mol. The lowest BCUT2D eigenvalue weighted by molar-refractivity contribution is 0.485. The van der Waals surface area contributed by atoms with E-state index in [1.54, 1.807) is 13.2 Å². The van der Waals surface area contributed by atoms with Gasteiger partial charge in [0.15, 0.2) is 0 Å². The van der Waals surface area contributed by atoms with E-state index >= 15 is 0 Å². The second-order valence-corrected chi connectivity index (χ2v) is 6.78. The second kappa shape index (κ2) is 6.33. The molecule has 0 aliphatic rings. The van der Waals surface area contributed by atoms with Crippen LogP contribution in [0.1, 0.15) is 40.0 Å². The highest BCUT2D eigenvalue weighted by Crippen LogP contribution is 2.11. The van der Waals surface area contributed by atoms with Crippen LogP contribution in [0.2, 0.25) is 0 Å². The van der Waals surface area contributed by atoms with Crippen LogP contribution >= 0.6 is 0 Å². The molecule has 104 valence electrons. The number of rotatable bonds is 7. The minimum Gasteiger partial charge on any atom is -0.324 e. The Hall–Kier alpha value is -0.880. The Bertz CT molecular complexity index is 465. The molecule has 0 spiro atoms. The third-order valence-electron chi connectivity index (χ3n) is 2.79. The number of imidazole rings is 1. The highest BCUT2D eigenvalue weighted by molar-refractivity contribution is 7.89. The van der Waals surface area contributed by atoms with Crippen molar-refractivity contribution in [3.63, 3.8) is 0 Å². The molecule has 1 N–H and O–H groups in total. The Morgan fingerprint density at radius 3 is 2.50 bits per heavy atom. The van der Waals surface area contributed by atoms with E-state index in [-0.39, 0.29) is 11.2 Å². The van der Waals surface area contributed by atoms with E-state index < -0.39 is 10.0 Å². The summed E-state index contributed by atoms with van der Waals surface area (Å²) in [5.41, 5.74) is 0. The van der Waals surface area contributed by atoms with Gasteiger partial charge < -0.3 is 4.57 Å². The molecule has 0 aliphatic carbocycles. The quantitative estimate of drug-likeness (QED) is 0.825. The van der Waals surface area contributed by atoms with Crippen molar-refractivity contribution >= 4 is 10.0 Å². The lowest BCUT2D eigenvalue weighted by Crippen LogP contribution is -2.34. The number of aryl methyl sites for hydroxylation is 1. The number of hydrogen-bond donors (Lipinski definition) is 1. The monoisotopic (exact) mass is 273 g/mol. The SMILES string of the molecule is CC(C)CCCC(C)NS(=O)(=O)c1nccn1C. The van der Waals surface area contributed by atoms with E-state index in [1.165, 1.54) is 10.8 Å². The lowest BCUT2D eigenvalue weighted by atomic mass is 10.0. The summed E-state index contributed by atoms with van der Waals surface area (Å²) in [6, 6.07) is -0.0644. The van der Waals surface area contributed by atoms with Crippen LogP contribution in [-0.2, 0) is 17.1 Å². The summed E-state index contributed by atoms with van der Waals surface area (Å²) in [5.74, 6) is 0.656. The normalized spacial score (nSPS) is 14.1. The summed E-state index contributed by atoms with van der Waals surface area (Å²) < 4.78 is 28.2. The third-order valence-corrected chi connectivity index (χ3v) is 4.38. The van der Waals surface area contributed by atoms with Gasteiger partial charge in [-0.2, -0.15) is 0 Å². The standard InChI is InChI=1S/C12H23N3O2S/c1-10(2)6-5-7-11(3)14-18(16,17)12-13-8-9-15(12)4/h8-11,14H,5-7H2,1-4H3. The van der Waals surface area contributed by atoms with Crippen LogP contribution in [0, 0.1) is 5.92 Å². The summed E-state index contributed by atoms with van der Waals surface area (Å²) >= 11 is 0. The predicted molar refractivity (Wildman–Crippen MR) is 71.7 cm³/mol. The highest BCUT2D eigenvalue weighted by Gasteiger charge is 2.21. The van der Waals surface area contributed by atoms with Gasteiger partial charge in [0.2, 0.25) is 5.16 Å². The van der Waals surface area contributed by atoms with Gasteiger partial charge in [-0.3, -0.25) is 0 Å². The summed E-state index contributed by atoms with van der Waals surface area (Å²) in [6.07, 6.45) is 6.11. The van der Waals surface area contributed by atoms with Crippen molar-refractivity contribution in [1.29, 1.82) is 0 Å². The van der Waals surface area contributed by atoms with Gasteiger partial charge in [-0.05, 0) is 19.3 Å². The molecule has 1 rings (SSSR count). The molecule has 5 nitrogen and oxygen atoms in total. The smallest absolute Gasteiger partial charge is 0.274 e. The molecule has 0 saturated carbocycles. The lowest BCUT2D eigenvalue weighted by Gasteiger charge is -2.14. The molecule has 1 heterocycles. The Kier molecular flexibility index (Phi) is 5.34. The summed E-state index contributed by atoms with van der Waals surface area (Å²) in [5, 5.41) is 0.0678. The average Bonchev–Trinajstić information content (AvgIpc) is 2.63. The van der Waals surface area contributed by atoms with Crippen molar-refractivity contribution in [3.8, 4) is 0 Å². The minimum absolute atomic E-state index is 0.0644. The Balaban J connectivity index is 2.54. The minimum atomic E-state index is -3.50. The maximum atomic E-state index is 12.0. The largest absolute Gasteiger partial charge is 0.324 e. The maximum Gasteiger partial charge on any atom is 0.274 e. The summed E-state index contributed by atoms with van der Waals surface area (Å²) in [7, 11) is -1.82. The van der Waals surface area contributed by atoms with Gasteiger partial charge >= 0.3 is 0 Å². The van der Waals surface area contributed by atoms with E-state index in [4.69, 9.17) is 0 Å². The van der Waals surface area contributed by atoms with Crippen molar-refractivity contribution in [3.05, 3.63) is 12.4 Å². The Labute approximate surface area is 110 Å². The molecule has 1 unspecified atom stereocenters. The fourth-order valence-electron chi connectivity index (χ4n) is 1.82. The molecule has 0 bridgehead atoms. The number of nitrogens with zero attached hydrogens (tertiary/aromatic N) is 2. The van der Waals surface area contributed by atoms with Gasteiger partial charge in [-0.15, -0.1) is 0 Å². The zero-order chi connectivity index (χ0) is 13.8. The number of hydrogen-bond acceptors (Lipinski definition) is 3. The van der Waals surface area contributed by atoms with Crippen LogP contribution in [0.3, 0.4) is 0 Å². The van der Waals surface area contributed by atoms with Crippen molar-refractivity contribution in [2.24, 2.45) is 13.0 Å². The van der Waals surface area contributed by atoms with Crippen LogP contribution in [0.25, 0.3) is 0 Å². The van der Waals surface area contributed by atoms with Crippen molar-refractivity contribution in [1.82, 2.24) is 14.3 Å². The van der Waals surface area contributed by atoms with Crippen LogP contribution in [-0.4, -0.2) is 24.0 Å². The molecule has 0 saturated heterocycles. The van der Waals surface area contributed by atoms with Gasteiger partial charge in [-0.1, -0.05) is 26.7 Å². The molecule has 6 heteroatoms. The third kappa shape index (κ3) is 4.42. The van der Waals surface area contributed by atoms with Gasteiger partial charge in [0.05, 0.1) is 0 Å². The topological polar surface area (TPSA) is 64.0 Å². The number of nitrogens with one attached hydrogen (secondary N) is 1. The molecule has 1 aromatic rings. The fraction of sp³-hybridized carbons (Fsp3) is 0.750. The average molecular weight is 273 g/mol. The van der Waals surface area contributed by atoms with Gasteiger partial charge in [0.1, 0.15) is 0 Å². The molecule has 0 aromatic carbocycles. The molecule has 18 heavy (non-hydrogen) atoms. The molecule has 0 radical (unpaired) electrons. The molecule has 0 aliphatic heterocycles. The van der Waals surface area contributed by atoms with E-state index in [9.17, 15) is 8.42 Å². The molecule has 0 amide bonds. The molecular formula is C12H23N3O2S. The first-order valence-corrected chi connectivity index (χ1v) is 7.81. The van der Waals surface area contributed by atoms with E-state index in [0.29, 0.717) is 5.92 Å². The second-order valence-electron chi connectivity index (χ2n) is 5.17. The first kappa shape index (κ1) is 15.2. The maximum absolute atomic E-state index is 12.0. The van der Waals surface area contributed by atoms with Gasteiger partial charge in [-0.25, -0.2) is 18.1 Å². The van der Waals surface area contributed by atoms with Crippen molar-refractivity contribution in [2.45, 2.75) is 51.2 Å².